The smallest absolute Gasteiger partial charge is 0.482 e. The van der Waals surface area contributed by atoms with E-state index in [9.17, 15) is 9.90 Å². The Hall–Kier alpha value is -1.91. The summed E-state index contributed by atoms with van der Waals surface area (Å²) in [5, 5.41) is 12.4. The van der Waals surface area contributed by atoms with Crippen LogP contribution in [0.3, 0.4) is 0 Å². The van der Waals surface area contributed by atoms with Crippen LogP contribution in [0.4, 0.5) is 4.79 Å². The predicted molar refractivity (Wildman–Crippen MR) is 163 cm³/mol. The minimum atomic E-state index is -0.986. The van der Waals surface area contributed by atoms with Crippen LogP contribution in [0, 0.1) is 22.7 Å². The van der Waals surface area contributed by atoms with E-state index in [-0.39, 0.29) is 41.5 Å². The molecule has 7 atom stereocenters. The average molecular weight is 614 g/mol. The summed E-state index contributed by atoms with van der Waals surface area (Å²) in [5.41, 5.74) is 0.161. The number of aliphatic hydroxyl groups is 1. The molecule has 0 amide bonds. The van der Waals surface area contributed by atoms with Gasteiger partial charge in [-0.05, 0) is 81.4 Å². The summed E-state index contributed by atoms with van der Waals surface area (Å²) in [6, 6.07) is 4.40. The Labute approximate surface area is 261 Å². The van der Waals surface area contributed by atoms with Crippen LogP contribution >= 0.6 is 0 Å². The summed E-state index contributed by atoms with van der Waals surface area (Å²) < 4.78 is 35.4. The van der Waals surface area contributed by atoms with E-state index in [0.29, 0.717) is 30.8 Å². The second-order valence-electron chi connectivity index (χ2n) is 15.6. The molecule has 244 valence electrons. The lowest BCUT2D eigenvalue weighted by molar-refractivity contribution is -0.312. The normalized spacial score (nSPS) is 36.4. The monoisotopic (exact) mass is 613 g/mol. The fourth-order valence-corrected chi connectivity index (χ4v) is 10.2. The van der Waals surface area contributed by atoms with Crippen molar-refractivity contribution in [1.29, 1.82) is 0 Å². The molecule has 1 aromatic carbocycles. The number of piperidine rings is 1. The van der Waals surface area contributed by atoms with Crippen molar-refractivity contribution in [2.75, 3.05) is 53.7 Å². The van der Waals surface area contributed by atoms with E-state index < -0.39 is 17.4 Å². The minimum absolute atomic E-state index is 0.0675. The van der Waals surface area contributed by atoms with E-state index in [1.54, 1.807) is 14.2 Å². The molecule has 1 saturated heterocycles. The van der Waals surface area contributed by atoms with E-state index in [0.717, 1.165) is 51.1 Å². The number of methoxy groups -OCH3 is 2. The van der Waals surface area contributed by atoms with Crippen LogP contribution in [0.25, 0.3) is 0 Å². The van der Waals surface area contributed by atoms with Gasteiger partial charge in [-0.1, -0.05) is 26.8 Å². The molecule has 9 nitrogen and oxygen atoms in total. The van der Waals surface area contributed by atoms with Crippen molar-refractivity contribution in [1.82, 2.24) is 4.90 Å². The summed E-state index contributed by atoms with van der Waals surface area (Å²) in [6.45, 7) is 11.9. The first-order valence-electron chi connectivity index (χ1n) is 16.7. The van der Waals surface area contributed by atoms with Crippen LogP contribution in [-0.2, 0) is 30.8 Å². The summed E-state index contributed by atoms with van der Waals surface area (Å²) in [4.78, 5) is 15.6. The number of hydrogen-bond donors (Lipinski definition) is 1. The topological polar surface area (TPSA) is 95.9 Å². The van der Waals surface area contributed by atoms with Gasteiger partial charge < -0.3 is 33.5 Å². The summed E-state index contributed by atoms with van der Waals surface area (Å²) in [6.07, 6.45) is 6.30. The molecule has 0 unspecified atom stereocenters. The molecule has 5 fully saturated rings. The lowest BCUT2D eigenvalue weighted by Crippen LogP contribution is -2.83. The van der Waals surface area contributed by atoms with Crippen molar-refractivity contribution >= 4 is 6.16 Å². The van der Waals surface area contributed by atoms with Crippen LogP contribution in [0.15, 0.2) is 12.1 Å². The highest BCUT2D eigenvalue weighted by Gasteiger charge is 2.82. The Balaban J connectivity index is 1.28. The Morgan fingerprint density at radius 1 is 1.07 bits per heavy atom. The van der Waals surface area contributed by atoms with E-state index in [4.69, 9.17) is 28.4 Å². The SMILES string of the molecule is COCCOCCOC(=O)Oc1ccc2c3c1O[C@H]1[C@@]4(OC)CC[C@@]5(C[C@@H]4[C@](C)(O)C(C)(C)C)[C@@H](C2)N(CC2CC2)CC[C@]315. The van der Waals surface area contributed by atoms with Crippen molar-refractivity contribution in [3.8, 4) is 11.5 Å². The molecule has 44 heavy (non-hydrogen) atoms. The van der Waals surface area contributed by atoms with Crippen LogP contribution < -0.4 is 9.47 Å². The molecule has 1 N–H and O–H groups in total. The Morgan fingerprint density at radius 3 is 2.55 bits per heavy atom. The van der Waals surface area contributed by atoms with Gasteiger partial charge in [-0.25, -0.2) is 4.79 Å². The molecule has 2 heterocycles. The lowest BCUT2D eigenvalue weighted by Gasteiger charge is -2.75. The van der Waals surface area contributed by atoms with Crippen molar-refractivity contribution in [3.05, 3.63) is 23.3 Å². The summed E-state index contributed by atoms with van der Waals surface area (Å²) >= 11 is 0. The number of hydrogen-bond acceptors (Lipinski definition) is 9. The summed E-state index contributed by atoms with van der Waals surface area (Å²) in [5.74, 6) is 1.76. The highest BCUT2D eigenvalue weighted by molar-refractivity contribution is 5.70. The third-order valence-corrected chi connectivity index (χ3v) is 12.9. The zero-order valence-corrected chi connectivity index (χ0v) is 27.4. The first kappa shape index (κ1) is 30.7. The van der Waals surface area contributed by atoms with Crippen molar-refractivity contribution in [2.24, 2.45) is 22.7 Å². The highest BCUT2D eigenvalue weighted by atomic mass is 16.7. The number of likely N-dealkylation sites (tertiary alicyclic amines) is 1. The molecule has 2 spiro atoms. The number of nitrogens with zero attached hydrogens (tertiary/aromatic N) is 1. The van der Waals surface area contributed by atoms with Gasteiger partial charge in [-0.3, -0.25) is 4.90 Å². The van der Waals surface area contributed by atoms with E-state index in [1.807, 2.05) is 13.0 Å². The van der Waals surface area contributed by atoms with E-state index in [1.165, 1.54) is 24.0 Å². The van der Waals surface area contributed by atoms with Crippen molar-refractivity contribution in [2.45, 2.75) is 101 Å². The fraction of sp³-hybridized carbons (Fsp3) is 0.800. The van der Waals surface area contributed by atoms with Crippen LogP contribution in [0.1, 0.15) is 77.3 Å². The minimum Gasteiger partial charge on any atom is -0.482 e. The van der Waals surface area contributed by atoms with Gasteiger partial charge >= 0.3 is 6.16 Å². The molecule has 4 saturated carbocycles. The van der Waals surface area contributed by atoms with Crippen LogP contribution in [0.2, 0.25) is 0 Å². The highest BCUT2D eigenvalue weighted by Crippen LogP contribution is 2.78. The molecule has 8 rings (SSSR count). The van der Waals surface area contributed by atoms with E-state index in [2.05, 4.69) is 31.7 Å². The summed E-state index contributed by atoms with van der Waals surface area (Å²) in [7, 11) is 3.42. The van der Waals surface area contributed by atoms with Gasteiger partial charge in [0.1, 0.15) is 18.3 Å². The Morgan fingerprint density at radius 2 is 1.84 bits per heavy atom. The van der Waals surface area contributed by atoms with Gasteiger partial charge in [0, 0.05) is 49.1 Å². The number of rotatable bonds is 11. The third-order valence-electron chi connectivity index (χ3n) is 12.9. The standard InChI is InChI=1S/C35H51NO8/c1-31(2,3)32(4,38)25-20-33-11-12-35(25,40-6)29-34(33)13-14-36(21-22-7-8-22)26(33)19-23-9-10-24(28(44-29)27(23)34)43-30(37)42-18-17-41-16-15-39-5/h9-10,22,25-26,29,38H,7-8,11-21H2,1-6H3/t25-,26-,29-,32+,33-,34+,35-/m1/s1. The fourth-order valence-electron chi connectivity index (χ4n) is 10.2. The van der Waals surface area contributed by atoms with Gasteiger partial charge in [0.15, 0.2) is 11.5 Å². The molecule has 5 aliphatic carbocycles. The van der Waals surface area contributed by atoms with Gasteiger partial charge in [-0.2, -0.15) is 0 Å². The molecule has 4 bridgehead atoms. The van der Waals surface area contributed by atoms with Crippen LogP contribution in [-0.4, -0.2) is 93.2 Å². The van der Waals surface area contributed by atoms with Gasteiger partial charge in [0.25, 0.3) is 0 Å². The van der Waals surface area contributed by atoms with Crippen molar-refractivity contribution < 1.29 is 38.3 Å². The Kier molecular flexibility index (Phi) is 7.37. The molecule has 1 aromatic rings. The quantitative estimate of drug-likeness (QED) is 0.213. The first-order chi connectivity index (χ1) is 20.9. The van der Waals surface area contributed by atoms with E-state index >= 15 is 0 Å². The number of benzene rings is 1. The molecular weight excluding hydrogens is 562 g/mol. The zero-order chi connectivity index (χ0) is 31.1. The lowest BCUT2D eigenvalue weighted by atomic mass is 9.33. The molecule has 2 aliphatic heterocycles. The van der Waals surface area contributed by atoms with Gasteiger partial charge in [0.2, 0.25) is 0 Å². The van der Waals surface area contributed by atoms with Crippen LogP contribution in [0.5, 0.6) is 11.5 Å². The Bertz CT molecular complexity index is 1290. The predicted octanol–water partition coefficient (Wildman–Crippen LogP) is 4.89. The number of ether oxygens (including phenoxy) is 6. The number of fused-ring (bicyclic) bond motifs is 2. The molecular formula is C35H51NO8. The largest absolute Gasteiger partial charge is 0.514 e. The maximum atomic E-state index is 12.9. The van der Waals surface area contributed by atoms with Gasteiger partial charge in [0.05, 0.1) is 25.4 Å². The zero-order valence-electron chi connectivity index (χ0n) is 27.4. The van der Waals surface area contributed by atoms with Gasteiger partial charge in [-0.15, -0.1) is 0 Å². The number of carbonyl (C=O) groups is 1. The average Bonchev–Trinajstić information content (AvgIpc) is 3.73. The second-order valence-corrected chi connectivity index (χ2v) is 15.6. The maximum Gasteiger partial charge on any atom is 0.514 e. The molecule has 0 radical (unpaired) electrons. The molecule has 9 heteroatoms. The first-order valence-corrected chi connectivity index (χ1v) is 16.7. The third kappa shape index (κ3) is 4.18. The van der Waals surface area contributed by atoms with Crippen molar-refractivity contribution in [3.63, 3.8) is 0 Å². The molecule has 7 aliphatic rings. The molecule has 0 aromatic heterocycles. The number of carbonyl (C=O) groups excluding carboxylic acids is 1. The second kappa shape index (κ2) is 10.6. The maximum absolute atomic E-state index is 12.9.